The zero-order valence-corrected chi connectivity index (χ0v) is 17.6. The molecule has 0 radical (unpaired) electrons. The van der Waals surface area contributed by atoms with Crippen molar-refractivity contribution in [3.8, 4) is 17.1 Å². The third kappa shape index (κ3) is 3.65. The topological polar surface area (TPSA) is 93.4 Å². The molecule has 1 aliphatic rings. The summed E-state index contributed by atoms with van der Waals surface area (Å²) in [5.74, 6) is 1.81. The molecule has 2 N–H and O–H groups in total. The van der Waals surface area contributed by atoms with Gasteiger partial charge in [-0.1, -0.05) is 23.8 Å². The Morgan fingerprint density at radius 1 is 1.16 bits per heavy atom. The summed E-state index contributed by atoms with van der Waals surface area (Å²) in [7, 11) is 1.64. The fourth-order valence-electron chi connectivity index (χ4n) is 3.93. The van der Waals surface area contributed by atoms with Crippen molar-refractivity contribution in [2.24, 2.45) is 0 Å². The number of nitrogens with zero attached hydrogens (tertiary/aromatic N) is 4. The molecular formula is C23H24N6O2. The van der Waals surface area contributed by atoms with Crippen molar-refractivity contribution >= 4 is 28.4 Å². The number of carbonyl (C=O) groups is 1. The highest BCUT2D eigenvalue weighted by Gasteiger charge is 2.23. The van der Waals surface area contributed by atoms with E-state index in [1.54, 1.807) is 11.6 Å². The predicted molar refractivity (Wildman–Crippen MR) is 119 cm³/mol. The first kappa shape index (κ1) is 19.3. The molecule has 0 aliphatic carbocycles. The summed E-state index contributed by atoms with van der Waals surface area (Å²) < 4.78 is 7.06. The van der Waals surface area contributed by atoms with Crippen LogP contribution in [0.25, 0.3) is 27.9 Å². The average Bonchev–Trinajstić information content (AvgIpc) is 3.15. The number of hydrogen-bond acceptors (Lipinski definition) is 6. The average molecular weight is 416 g/mol. The number of rotatable bonds is 4. The molecule has 158 valence electrons. The molecule has 31 heavy (non-hydrogen) atoms. The number of nitrogens with one attached hydrogen (secondary N) is 2. The minimum Gasteiger partial charge on any atom is -0.497 e. The lowest BCUT2D eigenvalue weighted by Crippen LogP contribution is -2.38. The molecule has 1 fully saturated rings. The monoisotopic (exact) mass is 416 g/mol. The fraction of sp³-hybridized carbons (Fsp3) is 0.304. The summed E-state index contributed by atoms with van der Waals surface area (Å²) >= 11 is 0. The highest BCUT2D eigenvalue weighted by atomic mass is 16.5. The molecule has 4 aromatic rings. The number of amides is 1. The lowest BCUT2D eigenvalue weighted by Gasteiger charge is -2.16. The van der Waals surface area contributed by atoms with Crippen LogP contribution in [0.3, 0.4) is 0 Å². The molecule has 5 rings (SSSR count). The number of fused-ring (bicyclic) bond motifs is 3. The number of ether oxygens (including phenoxy) is 1. The zero-order chi connectivity index (χ0) is 21.4. The largest absolute Gasteiger partial charge is 0.497 e. The Hall–Kier alpha value is -3.68. The molecule has 3 heterocycles. The summed E-state index contributed by atoms with van der Waals surface area (Å²) in [5, 5.41) is 11.9. The van der Waals surface area contributed by atoms with E-state index in [-0.39, 0.29) is 11.9 Å². The number of anilines is 1. The zero-order valence-electron chi connectivity index (χ0n) is 17.6. The number of aromatic nitrogens is 4. The molecule has 0 unspecified atom stereocenters. The van der Waals surface area contributed by atoms with Crippen LogP contribution < -0.4 is 15.4 Å². The van der Waals surface area contributed by atoms with Crippen LogP contribution in [0, 0.1) is 6.92 Å². The molecule has 2 aromatic carbocycles. The second kappa shape index (κ2) is 7.86. The maximum atomic E-state index is 12.5. The maximum Gasteiger partial charge on any atom is 0.242 e. The molecule has 0 spiro atoms. The molecule has 1 atom stereocenters. The van der Waals surface area contributed by atoms with E-state index in [0.717, 1.165) is 47.0 Å². The number of aryl methyl sites for hydroxylation is 1. The summed E-state index contributed by atoms with van der Waals surface area (Å²) in [5.41, 5.74) is 3.47. The van der Waals surface area contributed by atoms with Crippen molar-refractivity contribution in [1.29, 1.82) is 0 Å². The lowest BCUT2D eigenvalue weighted by atomic mass is 10.1. The van der Waals surface area contributed by atoms with Crippen LogP contribution in [0.4, 0.5) is 5.95 Å². The Kier molecular flexibility index (Phi) is 4.89. The van der Waals surface area contributed by atoms with Gasteiger partial charge in [-0.2, -0.15) is 4.52 Å². The maximum absolute atomic E-state index is 12.5. The fourth-order valence-corrected chi connectivity index (χ4v) is 3.93. The van der Waals surface area contributed by atoms with E-state index in [0.29, 0.717) is 24.0 Å². The standard InChI is InChI=1S/C23H24N6O2/c1-14-9-10-18-17(12-14)21-27-20(15-6-5-7-16(13-15)31-2)28-29(21)23(25-18)26-19-8-3-4-11-24-22(19)30/h5-7,9-10,12-13,19H,3-4,8,11H2,1-2H3,(H,24,30)(H,25,26)/t19-/m1/s1. The molecule has 1 amide bonds. The van der Waals surface area contributed by atoms with E-state index in [9.17, 15) is 4.79 Å². The van der Waals surface area contributed by atoms with Crippen molar-refractivity contribution in [1.82, 2.24) is 24.9 Å². The van der Waals surface area contributed by atoms with E-state index in [1.165, 1.54) is 0 Å². The molecule has 8 nitrogen and oxygen atoms in total. The first-order valence-electron chi connectivity index (χ1n) is 10.5. The molecule has 2 aromatic heterocycles. The molecular weight excluding hydrogens is 392 g/mol. The van der Waals surface area contributed by atoms with Crippen molar-refractivity contribution in [3.63, 3.8) is 0 Å². The number of carbonyl (C=O) groups excluding carboxylic acids is 1. The van der Waals surface area contributed by atoms with Crippen LogP contribution in [0.5, 0.6) is 5.75 Å². The van der Waals surface area contributed by atoms with Gasteiger partial charge in [0, 0.05) is 17.5 Å². The van der Waals surface area contributed by atoms with Gasteiger partial charge in [-0.15, -0.1) is 5.10 Å². The van der Waals surface area contributed by atoms with Gasteiger partial charge in [-0.3, -0.25) is 4.79 Å². The summed E-state index contributed by atoms with van der Waals surface area (Å²) in [6, 6.07) is 13.4. The molecule has 0 bridgehead atoms. The Morgan fingerprint density at radius 3 is 2.94 bits per heavy atom. The number of methoxy groups -OCH3 is 1. The normalized spacial score (nSPS) is 16.8. The number of hydrogen-bond donors (Lipinski definition) is 2. The molecule has 8 heteroatoms. The van der Waals surface area contributed by atoms with Crippen molar-refractivity contribution in [3.05, 3.63) is 48.0 Å². The van der Waals surface area contributed by atoms with E-state index in [4.69, 9.17) is 19.8 Å². The van der Waals surface area contributed by atoms with Crippen LogP contribution in [0.1, 0.15) is 24.8 Å². The number of benzene rings is 2. The molecule has 1 aliphatic heterocycles. The Labute approximate surface area is 179 Å². The second-order valence-corrected chi connectivity index (χ2v) is 7.84. The first-order chi connectivity index (χ1) is 15.1. The van der Waals surface area contributed by atoms with Crippen molar-refractivity contribution in [2.75, 3.05) is 19.0 Å². The van der Waals surface area contributed by atoms with E-state index in [1.807, 2.05) is 43.3 Å². The first-order valence-corrected chi connectivity index (χ1v) is 10.5. The lowest BCUT2D eigenvalue weighted by molar-refractivity contribution is -0.121. The van der Waals surface area contributed by atoms with E-state index in [2.05, 4.69) is 16.7 Å². The highest BCUT2D eigenvalue weighted by molar-refractivity contribution is 5.94. The summed E-state index contributed by atoms with van der Waals surface area (Å²) in [6.45, 7) is 2.75. The Balaban J connectivity index is 1.67. The van der Waals surface area contributed by atoms with Gasteiger partial charge in [0.15, 0.2) is 11.5 Å². The minimum absolute atomic E-state index is 0.00964. The van der Waals surface area contributed by atoms with Crippen LogP contribution in [-0.2, 0) is 4.79 Å². The highest BCUT2D eigenvalue weighted by Crippen LogP contribution is 2.27. The van der Waals surface area contributed by atoms with Gasteiger partial charge in [0.1, 0.15) is 11.8 Å². The van der Waals surface area contributed by atoms with Gasteiger partial charge in [0.25, 0.3) is 0 Å². The summed E-state index contributed by atoms with van der Waals surface area (Å²) in [4.78, 5) is 22.1. The quantitative estimate of drug-likeness (QED) is 0.530. The van der Waals surface area contributed by atoms with Crippen molar-refractivity contribution in [2.45, 2.75) is 32.2 Å². The van der Waals surface area contributed by atoms with Gasteiger partial charge in [0.05, 0.1) is 12.6 Å². The summed E-state index contributed by atoms with van der Waals surface area (Å²) in [6.07, 6.45) is 2.70. The van der Waals surface area contributed by atoms with Crippen LogP contribution >= 0.6 is 0 Å². The smallest absolute Gasteiger partial charge is 0.242 e. The third-order valence-corrected chi connectivity index (χ3v) is 5.59. The molecule has 1 saturated heterocycles. The second-order valence-electron chi connectivity index (χ2n) is 7.84. The third-order valence-electron chi connectivity index (χ3n) is 5.59. The Bertz CT molecular complexity index is 1280. The van der Waals surface area contributed by atoms with Crippen molar-refractivity contribution < 1.29 is 9.53 Å². The van der Waals surface area contributed by atoms with Crippen LogP contribution in [-0.4, -0.2) is 45.2 Å². The van der Waals surface area contributed by atoms with E-state index < -0.39 is 0 Å². The molecule has 0 saturated carbocycles. The van der Waals surface area contributed by atoms with Gasteiger partial charge >= 0.3 is 0 Å². The minimum atomic E-state index is -0.356. The predicted octanol–water partition coefficient (Wildman–Crippen LogP) is 3.34. The van der Waals surface area contributed by atoms with Gasteiger partial charge in [-0.05, 0) is 50.5 Å². The Morgan fingerprint density at radius 2 is 2.06 bits per heavy atom. The van der Waals surface area contributed by atoms with Gasteiger partial charge in [-0.25, -0.2) is 9.97 Å². The van der Waals surface area contributed by atoms with Gasteiger partial charge in [0.2, 0.25) is 11.9 Å². The van der Waals surface area contributed by atoms with Crippen LogP contribution in [0.2, 0.25) is 0 Å². The SMILES string of the molecule is COc1cccc(-c2nc3c4cc(C)ccc4nc(N[C@@H]4CCCCNC4=O)n3n2)c1. The van der Waals surface area contributed by atoms with Gasteiger partial charge < -0.3 is 15.4 Å². The van der Waals surface area contributed by atoms with Crippen LogP contribution in [0.15, 0.2) is 42.5 Å². The van der Waals surface area contributed by atoms with E-state index >= 15 is 0 Å².